The number of hydrogen-bond acceptors (Lipinski definition) is 4. The number of piperazine rings is 1. The molecule has 0 spiro atoms. The predicted molar refractivity (Wildman–Crippen MR) is 136 cm³/mol. The molecule has 1 heterocycles. The van der Waals surface area contributed by atoms with Gasteiger partial charge in [-0.3, -0.25) is 9.10 Å². The first-order valence-electron chi connectivity index (χ1n) is 11.5. The summed E-state index contributed by atoms with van der Waals surface area (Å²) in [6, 6.07) is 18.9. The van der Waals surface area contributed by atoms with Gasteiger partial charge in [0.1, 0.15) is 11.6 Å². The number of carbonyl (C=O) groups excluding carboxylic acids is 1. The molecule has 0 bridgehead atoms. The molecule has 0 radical (unpaired) electrons. The highest BCUT2D eigenvalue weighted by Gasteiger charge is 2.28. The lowest BCUT2D eigenvalue weighted by molar-refractivity contribution is 0.0746. The summed E-state index contributed by atoms with van der Waals surface area (Å²) in [6.45, 7) is 1.85. The maximum Gasteiger partial charge on any atom is 0.303 e. The average Bonchev–Trinajstić information content (AvgIpc) is 2.88. The zero-order chi connectivity index (χ0) is 25.9. The second-order valence-corrected chi connectivity index (χ2v) is 10.7. The van der Waals surface area contributed by atoms with Gasteiger partial charge in [0.25, 0.3) is 5.91 Å². The van der Waals surface area contributed by atoms with Gasteiger partial charge in [0.2, 0.25) is 0 Å². The van der Waals surface area contributed by atoms with Crippen molar-refractivity contribution in [2.24, 2.45) is 0 Å². The minimum Gasteiger partial charge on any atom is -0.366 e. The van der Waals surface area contributed by atoms with Crippen molar-refractivity contribution in [1.82, 2.24) is 9.21 Å². The quantitative estimate of drug-likeness (QED) is 0.482. The van der Waals surface area contributed by atoms with Gasteiger partial charge in [-0.05, 0) is 42.0 Å². The van der Waals surface area contributed by atoms with E-state index in [1.54, 1.807) is 53.4 Å². The molecule has 10 heteroatoms. The molecule has 1 aliphatic rings. The number of carbonyl (C=O) groups is 1. The lowest BCUT2D eigenvalue weighted by atomic mass is 10.1. The van der Waals surface area contributed by atoms with E-state index in [1.807, 2.05) is 4.90 Å². The smallest absolute Gasteiger partial charge is 0.303 e. The number of halogens is 2. The zero-order valence-electron chi connectivity index (χ0n) is 20.1. The monoisotopic (exact) mass is 514 g/mol. The van der Waals surface area contributed by atoms with Crippen LogP contribution >= 0.6 is 0 Å². The Labute approximate surface area is 210 Å². The highest BCUT2D eigenvalue weighted by atomic mass is 32.2. The molecular formula is C26H28F2N4O3S. The number of nitrogens with zero attached hydrogens (tertiary/aromatic N) is 4. The Morgan fingerprint density at radius 1 is 0.833 bits per heavy atom. The Kier molecular flexibility index (Phi) is 7.56. The molecular weight excluding hydrogens is 486 g/mol. The summed E-state index contributed by atoms with van der Waals surface area (Å²) in [6.07, 6.45) is 0. The minimum atomic E-state index is -3.97. The van der Waals surface area contributed by atoms with E-state index < -0.39 is 16.0 Å². The topological polar surface area (TPSA) is 64.2 Å². The second kappa shape index (κ2) is 10.6. The van der Waals surface area contributed by atoms with Gasteiger partial charge in [0.15, 0.2) is 0 Å². The number of anilines is 2. The molecule has 0 aliphatic carbocycles. The number of hydrogen-bond donors (Lipinski definition) is 0. The van der Waals surface area contributed by atoms with Crippen molar-refractivity contribution in [3.8, 4) is 0 Å². The first kappa shape index (κ1) is 25.6. The predicted octanol–water partition coefficient (Wildman–Crippen LogP) is 3.74. The Morgan fingerprint density at radius 2 is 1.42 bits per heavy atom. The summed E-state index contributed by atoms with van der Waals surface area (Å²) in [7, 11) is -1.20. The van der Waals surface area contributed by atoms with Gasteiger partial charge in [-0.1, -0.05) is 36.4 Å². The summed E-state index contributed by atoms with van der Waals surface area (Å²) >= 11 is 0. The van der Waals surface area contributed by atoms with Crippen LogP contribution in [0.4, 0.5) is 20.2 Å². The van der Waals surface area contributed by atoms with Crippen LogP contribution in [0.3, 0.4) is 0 Å². The van der Waals surface area contributed by atoms with Gasteiger partial charge in [-0.25, -0.2) is 8.78 Å². The fourth-order valence-electron chi connectivity index (χ4n) is 4.10. The lowest BCUT2D eigenvalue weighted by Crippen LogP contribution is -2.49. The van der Waals surface area contributed by atoms with Crippen molar-refractivity contribution < 1.29 is 22.0 Å². The normalized spacial score (nSPS) is 14.2. The molecule has 1 fully saturated rings. The van der Waals surface area contributed by atoms with Crippen molar-refractivity contribution in [3.63, 3.8) is 0 Å². The summed E-state index contributed by atoms with van der Waals surface area (Å²) in [5, 5.41) is 0. The number of benzene rings is 3. The lowest BCUT2D eigenvalue weighted by Gasteiger charge is -2.36. The number of rotatable bonds is 7. The fraction of sp³-hybridized carbons (Fsp3) is 0.269. The summed E-state index contributed by atoms with van der Waals surface area (Å²) in [4.78, 5) is 16.7. The van der Waals surface area contributed by atoms with Crippen molar-refractivity contribution in [1.29, 1.82) is 0 Å². The molecule has 1 amide bonds. The second-order valence-electron chi connectivity index (χ2n) is 8.68. The minimum absolute atomic E-state index is 0.0564. The Hall–Kier alpha value is -3.50. The zero-order valence-corrected chi connectivity index (χ0v) is 21.0. The van der Waals surface area contributed by atoms with Crippen LogP contribution in [-0.4, -0.2) is 63.8 Å². The van der Waals surface area contributed by atoms with Crippen LogP contribution in [0.1, 0.15) is 15.9 Å². The maximum absolute atomic E-state index is 14.5. The molecule has 0 atom stereocenters. The fourth-order valence-corrected chi connectivity index (χ4v) is 5.20. The maximum atomic E-state index is 14.5. The highest BCUT2D eigenvalue weighted by Crippen LogP contribution is 2.26. The largest absolute Gasteiger partial charge is 0.366 e. The molecule has 0 unspecified atom stereocenters. The van der Waals surface area contributed by atoms with E-state index in [9.17, 15) is 22.0 Å². The third kappa shape index (κ3) is 5.34. The van der Waals surface area contributed by atoms with E-state index in [2.05, 4.69) is 0 Å². The molecule has 0 saturated carbocycles. The van der Waals surface area contributed by atoms with Crippen molar-refractivity contribution in [3.05, 3.63) is 95.6 Å². The van der Waals surface area contributed by atoms with Gasteiger partial charge < -0.3 is 9.80 Å². The van der Waals surface area contributed by atoms with Crippen molar-refractivity contribution >= 4 is 27.5 Å². The van der Waals surface area contributed by atoms with Crippen LogP contribution in [0.15, 0.2) is 72.8 Å². The molecule has 0 aromatic heterocycles. The van der Waals surface area contributed by atoms with E-state index in [0.717, 1.165) is 8.61 Å². The number of amides is 1. The number of para-hydroxylation sites is 2. The molecule has 1 saturated heterocycles. The standard InChI is InChI=1S/C26H28F2N4O3S/c1-29(2)36(34,35)32(25-10-6-4-8-23(25)28)19-20-11-13-21(14-12-20)26(33)31-17-15-30(16-18-31)24-9-5-3-7-22(24)27/h3-14H,15-19H2,1-2H3. The Morgan fingerprint density at radius 3 is 2.00 bits per heavy atom. The SMILES string of the molecule is CN(C)S(=O)(=O)N(Cc1ccc(C(=O)N2CCN(c3ccccc3F)CC2)cc1)c1ccccc1F. The van der Waals surface area contributed by atoms with E-state index in [4.69, 9.17) is 0 Å². The molecule has 190 valence electrons. The third-order valence-electron chi connectivity index (χ3n) is 6.15. The molecule has 4 rings (SSSR count). The van der Waals surface area contributed by atoms with Gasteiger partial charge in [-0.2, -0.15) is 12.7 Å². The van der Waals surface area contributed by atoms with Crippen LogP contribution in [0.25, 0.3) is 0 Å². The molecule has 1 aliphatic heterocycles. The molecule has 7 nitrogen and oxygen atoms in total. The van der Waals surface area contributed by atoms with E-state index in [0.29, 0.717) is 43.0 Å². The van der Waals surface area contributed by atoms with Gasteiger partial charge >= 0.3 is 10.2 Å². The van der Waals surface area contributed by atoms with Crippen molar-refractivity contribution in [2.45, 2.75) is 6.54 Å². The van der Waals surface area contributed by atoms with E-state index >= 15 is 0 Å². The van der Waals surface area contributed by atoms with Crippen LogP contribution < -0.4 is 9.21 Å². The summed E-state index contributed by atoms with van der Waals surface area (Å²) < 4.78 is 56.4. The van der Waals surface area contributed by atoms with Crippen molar-refractivity contribution in [2.75, 3.05) is 49.5 Å². The van der Waals surface area contributed by atoms with Gasteiger partial charge in [-0.15, -0.1) is 0 Å². The summed E-state index contributed by atoms with van der Waals surface area (Å²) in [5.41, 5.74) is 1.54. The molecule has 0 N–H and O–H groups in total. The van der Waals surface area contributed by atoms with Crippen LogP contribution in [0.2, 0.25) is 0 Å². The summed E-state index contributed by atoms with van der Waals surface area (Å²) in [5.74, 6) is -1.08. The molecule has 3 aromatic carbocycles. The molecule has 36 heavy (non-hydrogen) atoms. The van der Waals surface area contributed by atoms with E-state index in [1.165, 1.54) is 38.4 Å². The van der Waals surface area contributed by atoms with Gasteiger partial charge in [0, 0.05) is 45.8 Å². The highest BCUT2D eigenvalue weighted by molar-refractivity contribution is 7.90. The van der Waals surface area contributed by atoms with Crippen LogP contribution in [0.5, 0.6) is 0 Å². The Balaban J connectivity index is 1.46. The van der Waals surface area contributed by atoms with Gasteiger partial charge in [0.05, 0.1) is 17.9 Å². The third-order valence-corrected chi connectivity index (χ3v) is 7.95. The average molecular weight is 515 g/mol. The van der Waals surface area contributed by atoms with Crippen LogP contribution in [-0.2, 0) is 16.8 Å². The first-order valence-corrected chi connectivity index (χ1v) is 12.9. The van der Waals surface area contributed by atoms with Crippen LogP contribution in [0, 0.1) is 11.6 Å². The Bertz CT molecular complexity index is 1330. The first-order chi connectivity index (χ1) is 17.2. The molecule has 3 aromatic rings. The van der Waals surface area contributed by atoms with E-state index in [-0.39, 0.29) is 24.0 Å².